The molecule has 0 bridgehead atoms. The molecular formula is C13H29NSi. The highest BCUT2D eigenvalue weighted by Crippen LogP contribution is 2.18. The lowest BCUT2D eigenvalue weighted by Gasteiger charge is -2.28. The first kappa shape index (κ1) is 14.8. The quantitative estimate of drug-likeness (QED) is 0.576. The molecule has 0 heterocycles. The predicted molar refractivity (Wildman–Crippen MR) is 74.3 cm³/mol. The molecule has 1 nitrogen and oxygen atoms in total. The first-order valence-electron chi connectivity index (χ1n) is 6.64. The van der Waals surface area contributed by atoms with Crippen LogP contribution in [0.1, 0.15) is 59.8 Å². The van der Waals surface area contributed by atoms with Gasteiger partial charge in [-0.15, -0.1) is 0 Å². The van der Waals surface area contributed by atoms with Gasteiger partial charge in [0, 0.05) is 29.0 Å². The van der Waals surface area contributed by atoms with Crippen molar-refractivity contribution in [3.8, 4) is 0 Å². The van der Waals surface area contributed by atoms with Crippen LogP contribution in [0.4, 0.5) is 0 Å². The normalized spacial score (nSPS) is 12.8. The fourth-order valence-electron chi connectivity index (χ4n) is 2.15. The van der Waals surface area contributed by atoms with Crippen molar-refractivity contribution < 1.29 is 0 Å². The van der Waals surface area contributed by atoms with Crippen LogP contribution in [0.25, 0.3) is 0 Å². The monoisotopic (exact) mass is 227 g/mol. The molecule has 0 aromatic heterocycles. The van der Waals surface area contributed by atoms with Crippen LogP contribution in [0.5, 0.6) is 0 Å². The van der Waals surface area contributed by atoms with Crippen molar-refractivity contribution >= 4 is 10.2 Å². The van der Waals surface area contributed by atoms with E-state index in [4.69, 9.17) is 0 Å². The summed E-state index contributed by atoms with van der Waals surface area (Å²) in [5, 5.41) is 1.75. The van der Waals surface area contributed by atoms with E-state index < -0.39 is 0 Å². The van der Waals surface area contributed by atoms with Gasteiger partial charge >= 0.3 is 0 Å². The van der Waals surface area contributed by atoms with E-state index in [1.165, 1.54) is 55.4 Å². The van der Waals surface area contributed by atoms with Crippen molar-refractivity contribution in [2.75, 3.05) is 13.1 Å². The zero-order valence-corrected chi connectivity index (χ0v) is 13.4. The van der Waals surface area contributed by atoms with Gasteiger partial charge in [-0.05, 0) is 26.2 Å². The molecule has 15 heavy (non-hydrogen) atoms. The average molecular weight is 227 g/mol. The van der Waals surface area contributed by atoms with E-state index in [0.717, 1.165) is 0 Å². The second kappa shape index (κ2) is 9.02. The van der Waals surface area contributed by atoms with Crippen LogP contribution in [0.3, 0.4) is 0 Å². The Labute approximate surface area is 99.4 Å². The predicted octanol–water partition coefficient (Wildman–Crippen LogP) is 2.90. The van der Waals surface area contributed by atoms with Gasteiger partial charge in [0.25, 0.3) is 0 Å². The summed E-state index contributed by atoms with van der Waals surface area (Å²) in [4.78, 5) is 2.60. The highest BCUT2D eigenvalue weighted by atomic mass is 28.1. The Balaban J connectivity index is 4.65. The summed E-state index contributed by atoms with van der Waals surface area (Å²) >= 11 is 0. The largest absolute Gasteiger partial charge is 0.375 e. The summed E-state index contributed by atoms with van der Waals surface area (Å²) in [6.45, 7) is 11.6. The smallest absolute Gasteiger partial charge is 0.0355 e. The Kier molecular flexibility index (Phi) is 8.87. The average Bonchev–Trinajstić information content (AvgIpc) is 2.23. The molecule has 0 rings (SSSR count). The lowest BCUT2D eigenvalue weighted by Crippen LogP contribution is -2.25. The highest BCUT2D eigenvalue weighted by molar-refractivity contribution is 6.21. The summed E-state index contributed by atoms with van der Waals surface area (Å²) in [5.41, 5.74) is 1.68. The van der Waals surface area contributed by atoms with Crippen LogP contribution >= 0.6 is 0 Å². The van der Waals surface area contributed by atoms with Crippen LogP contribution in [0, 0.1) is 0 Å². The number of rotatable bonds is 8. The van der Waals surface area contributed by atoms with Gasteiger partial charge < -0.3 is 4.90 Å². The molecule has 0 spiro atoms. The summed E-state index contributed by atoms with van der Waals surface area (Å²) in [7, 11) is 1.24. The zero-order chi connectivity index (χ0) is 11.7. The van der Waals surface area contributed by atoms with Gasteiger partial charge in [-0.2, -0.15) is 0 Å². The van der Waals surface area contributed by atoms with E-state index in [9.17, 15) is 0 Å². The minimum absolute atomic E-state index is 1.18. The number of hydrogen-bond donors (Lipinski definition) is 0. The molecule has 2 heteroatoms. The molecule has 0 saturated heterocycles. The Morgan fingerprint density at radius 2 is 1.53 bits per heavy atom. The van der Waals surface area contributed by atoms with E-state index >= 15 is 0 Å². The van der Waals surface area contributed by atoms with Crippen molar-refractivity contribution in [1.82, 2.24) is 4.90 Å². The summed E-state index contributed by atoms with van der Waals surface area (Å²) in [6, 6.07) is 0. The maximum absolute atomic E-state index is 2.60. The topological polar surface area (TPSA) is 3.24 Å². The maximum Gasteiger partial charge on any atom is 0.0355 e. The molecule has 90 valence electrons. The Hall–Kier alpha value is -0.243. The molecular weight excluding hydrogens is 198 g/mol. The standard InChI is InChI=1S/C13H29NSi/c1-5-9-12(13(15)10-6-2)14(8-4)11-7-3/h5-11H2,1-4,15H3. The van der Waals surface area contributed by atoms with Gasteiger partial charge in [-0.3, -0.25) is 0 Å². The van der Waals surface area contributed by atoms with Crippen molar-refractivity contribution in [3.05, 3.63) is 10.9 Å². The van der Waals surface area contributed by atoms with Gasteiger partial charge in [-0.25, -0.2) is 0 Å². The third-order valence-corrected chi connectivity index (χ3v) is 3.94. The van der Waals surface area contributed by atoms with Gasteiger partial charge in [0.05, 0.1) is 0 Å². The molecule has 0 saturated carbocycles. The maximum atomic E-state index is 2.60. The van der Waals surface area contributed by atoms with Gasteiger partial charge in [0.2, 0.25) is 0 Å². The van der Waals surface area contributed by atoms with Crippen LogP contribution in [-0.2, 0) is 0 Å². The Morgan fingerprint density at radius 3 is 1.93 bits per heavy atom. The summed E-state index contributed by atoms with van der Waals surface area (Å²) in [5.74, 6) is 0. The van der Waals surface area contributed by atoms with E-state index in [1.54, 1.807) is 10.9 Å². The molecule has 0 amide bonds. The first-order valence-corrected chi connectivity index (χ1v) is 7.64. The van der Waals surface area contributed by atoms with Crippen LogP contribution < -0.4 is 0 Å². The van der Waals surface area contributed by atoms with E-state index in [1.807, 2.05) is 0 Å². The summed E-state index contributed by atoms with van der Waals surface area (Å²) in [6.07, 6.45) is 6.46. The van der Waals surface area contributed by atoms with E-state index in [-0.39, 0.29) is 0 Å². The fourth-order valence-corrected chi connectivity index (χ4v) is 3.22. The van der Waals surface area contributed by atoms with Gasteiger partial charge in [0.15, 0.2) is 0 Å². The first-order chi connectivity index (χ1) is 7.21. The third kappa shape index (κ3) is 5.40. The van der Waals surface area contributed by atoms with Crippen LogP contribution in [-0.4, -0.2) is 28.2 Å². The molecule has 0 unspecified atom stereocenters. The van der Waals surface area contributed by atoms with E-state index in [2.05, 4.69) is 32.6 Å². The molecule has 0 aromatic rings. The fraction of sp³-hybridized carbons (Fsp3) is 0.846. The lowest BCUT2D eigenvalue weighted by atomic mass is 10.1. The Bertz CT molecular complexity index is 187. The molecule has 0 aliphatic carbocycles. The molecule has 0 aliphatic rings. The van der Waals surface area contributed by atoms with Gasteiger partial charge in [0.1, 0.15) is 0 Å². The van der Waals surface area contributed by atoms with Crippen LogP contribution in [0.15, 0.2) is 10.9 Å². The minimum Gasteiger partial charge on any atom is -0.375 e. The van der Waals surface area contributed by atoms with Crippen molar-refractivity contribution in [1.29, 1.82) is 0 Å². The number of hydrogen-bond acceptors (Lipinski definition) is 1. The molecule has 0 fully saturated rings. The minimum atomic E-state index is 1.18. The zero-order valence-electron chi connectivity index (χ0n) is 11.4. The molecule has 0 N–H and O–H groups in total. The van der Waals surface area contributed by atoms with Crippen molar-refractivity contribution in [2.45, 2.75) is 59.8 Å². The van der Waals surface area contributed by atoms with Crippen LogP contribution in [0.2, 0.25) is 0 Å². The second-order valence-corrected chi connectivity index (χ2v) is 5.51. The van der Waals surface area contributed by atoms with Crippen molar-refractivity contribution in [3.63, 3.8) is 0 Å². The molecule has 0 atom stereocenters. The molecule has 0 aromatic carbocycles. The summed E-state index contributed by atoms with van der Waals surface area (Å²) < 4.78 is 0. The molecule has 0 aliphatic heterocycles. The SMILES string of the molecule is CCCC([SiH3])=C(CCC)N(CC)CCC. The number of nitrogens with zero attached hydrogens (tertiary/aromatic N) is 1. The third-order valence-electron chi connectivity index (χ3n) is 2.86. The van der Waals surface area contributed by atoms with Gasteiger partial charge in [-0.1, -0.05) is 38.8 Å². The highest BCUT2D eigenvalue weighted by Gasteiger charge is 2.08. The van der Waals surface area contributed by atoms with Crippen molar-refractivity contribution in [2.24, 2.45) is 0 Å². The molecule has 0 radical (unpaired) electrons. The Morgan fingerprint density at radius 1 is 0.933 bits per heavy atom. The van der Waals surface area contributed by atoms with E-state index in [0.29, 0.717) is 0 Å². The number of allylic oxidation sites excluding steroid dienone is 2. The lowest BCUT2D eigenvalue weighted by molar-refractivity contribution is 0.345. The second-order valence-electron chi connectivity index (χ2n) is 4.31.